The van der Waals surface area contributed by atoms with Crippen molar-refractivity contribution in [2.45, 2.75) is 13.0 Å². The second-order valence-corrected chi connectivity index (χ2v) is 6.08. The summed E-state index contributed by atoms with van der Waals surface area (Å²) in [5.41, 5.74) is 1.22. The number of aromatic nitrogens is 5. The highest BCUT2D eigenvalue weighted by atomic mass is 35.5. The third kappa shape index (κ3) is 3.68. The van der Waals surface area contributed by atoms with E-state index < -0.39 is 11.6 Å². The van der Waals surface area contributed by atoms with Gasteiger partial charge >= 0.3 is 0 Å². The minimum absolute atomic E-state index is 0.0505. The standard InChI is InChI=1S/C18H13ClF2N6O/c1-10(15-11(8-22)5-6-23-18(15)19)7-14-24-25-26-27(14)9-12-3-4-13(28-2)17(21)16(12)20/h3-6H,1,7,9H2,2H3. The van der Waals surface area contributed by atoms with E-state index in [2.05, 4.69) is 27.1 Å². The van der Waals surface area contributed by atoms with Gasteiger partial charge in [-0.15, -0.1) is 5.10 Å². The van der Waals surface area contributed by atoms with E-state index in [9.17, 15) is 14.0 Å². The summed E-state index contributed by atoms with van der Waals surface area (Å²) in [5.74, 6) is -1.98. The van der Waals surface area contributed by atoms with E-state index in [4.69, 9.17) is 16.3 Å². The van der Waals surface area contributed by atoms with Gasteiger partial charge in [-0.25, -0.2) is 14.1 Å². The number of benzene rings is 1. The second-order valence-electron chi connectivity index (χ2n) is 5.72. The highest BCUT2D eigenvalue weighted by molar-refractivity contribution is 6.31. The normalized spacial score (nSPS) is 10.5. The van der Waals surface area contributed by atoms with Crippen molar-refractivity contribution in [3.8, 4) is 11.8 Å². The lowest BCUT2D eigenvalue weighted by Gasteiger charge is -2.11. The van der Waals surface area contributed by atoms with Gasteiger partial charge in [0.25, 0.3) is 0 Å². The van der Waals surface area contributed by atoms with Crippen molar-refractivity contribution in [2.75, 3.05) is 7.11 Å². The predicted molar refractivity (Wildman–Crippen MR) is 96.5 cm³/mol. The summed E-state index contributed by atoms with van der Waals surface area (Å²) in [4.78, 5) is 3.96. The lowest BCUT2D eigenvalue weighted by atomic mass is 10.0. The fraction of sp³-hybridized carbons (Fsp3) is 0.167. The number of ether oxygens (including phenoxy) is 1. The molecule has 0 saturated heterocycles. The summed E-state index contributed by atoms with van der Waals surface area (Å²) in [5, 5.41) is 20.7. The number of hydrogen-bond donors (Lipinski definition) is 0. The maximum absolute atomic E-state index is 14.2. The fourth-order valence-corrected chi connectivity index (χ4v) is 2.92. The van der Waals surface area contributed by atoms with Gasteiger partial charge in [0.15, 0.2) is 17.4 Å². The maximum atomic E-state index is 14.2. The number of nitriles is 1. The molecule has 0 N–H and O–H groups in total. The Morgan fingerprint density at radius 3 is 2.82 bits per heavy atom. The first-order valence-corrected chi connectivity index (χ1v) is 8.32. The molecule has 1 aromatic carbocycles. The lowest BCUT2D eigenvalue weighted by molar-refractivity contribution is 0.369. The number of rotatable bonds is 6. The van der Waals surface area contributed by atoms with Crippen molar-refractivity contribution >= 4 is 17.2 Å². The Morgan fingerprint density at radius 2 is 2.11 bits per heavy atom. The van der Waals surface area contributed by atoms with Gasteiger partial charge in [0, 0.05) is 23.7 Å². The summed E-state index contributed by atoms with van der Waals surface area (Å²) in [6, 6.07) is 6.26. The number of allylic oxidation sites excluding steroid dienone is 1. The molecule has 0 saturated carbocycles. The fourth-order valence-electron chi connectivity index (χ4n) is 2.63. The van der Waals surface area contributed by atoms with Crippen LogP contribution in [0.5, 0.6) is 5.75 Å². The molecule has 0 aliphatic rings. The first-order valence-electron chi connectivity index (χ1n) is 7.95. The van der Waals surface area contributed by atoms with E-state index in [1.54, 1.807) is 0 Å². The van der Waals surface area contributed by atoms with Gasteiger partial charge in [-0.05, 0) is 28.1 Å². The van der Waals surface area contributed by atoms with E-state index in [1.807, 2.05) is 6.07 Å². The van der Waals surface area contributed by atoms with Crippen LogP contribution in [-0.2, 0) is 13.0 Å². The molecule has 2 aromatic heterocycles. The van der Waals surface area contributed by atoms with Gasteiger partial charge in [-0.2, -0.15) is 9.65 Å². The zero-order chi connectivity index (χ0) is 20.3. The summed E-state index contributed by atoms with van der Waals surface area (Å²) < 4.78 is 34.2. The Hall–Kier alpha value is -3.38. The predicted octanol–water partition coefficient (Wildman–Crippen LogP) is 3.18. The molecule has 2 heterocycles. The molecule has 0 bridgehead atoms. The van der Waals surface area contributed by atoms with Crippen LogP contribution in [-0.4, -0.2) is 32.3 Å². The molecule has 0 unspecified atom stereocenters. The maximum Gasteiger partial charge on any atom is 0.200 e. The largest absolute Gasteiger partial charge is 0.494 e. The van der Waals surface area contributed by atoms with Crippen molar-refractivity contribution in [3.05, 3.63) is 70.3 Å². The monoisotopic (exact) mass is 402 g/mol. The van der Waals surface area contributed by atoms with Crippen molar-refractivity contribution in [3.63, 3.8) is 0 Å². The topological polar surface area (TPSA) is 89.5 Å². The summed E-state index contributed by atoms with van der Waals surface area (Å²) in [7, 11) is 1.25. The first kappa shape index (κ1) is 19.4. The molecule has 0 aliphatic carbocycles. The Balaban J connectivity index is 1.87. The summed E-state index contributed by atoms with van der Waals surface area (Å²) in [6.07, 6.45) is 1.55. The SMILES string of the molecule is C=C(Cc1nnnn1Cc1ccc(OC)c(F)c1F)c1c(C#N)ccnc1Cl. The number of halogens is 3. The molecule has 0 radical (unpaired) electrons. The van der Waals surface area contributed by atoms with Crippen LogP contribution in [0.3, 0.4) is 0 Å². The van der Waals surface area contributed by atoms with Crippen LogP contribution < -0.4 is 4.74 Å². The van der Waals surface area contributed by atoms with Crippen molar-refractivity contribution in [1.29, 1.82) is 5.26 Å². The molecule has 0 amide bonds. The van der Waals surface area contributed by atoms with Crippen molar-refractivity contribution < 1.29 is 13.5 Å². The highest BCUT2D eigenvalue weighted by Crippen LogP contribution is 2.27. The van der Waals surface area contributed by atoms with Gasteiger partial charge in [-0.1, -0.05) is 24.2 Å². The van der Waals surface area contributed by atoms with Gasteiger partial charge in [-0.3, -0.25) is 0 Å². The van der Waals surface area contributed by atoms with E-state index in [-0.39, 0.29) is 29.4 Å². The van der Waals surface area contributed by atoms with Crippen molar-refractivity contribution in [2.24, 2.45) is 0 Å². The molecular weight excluding hydrogens is 390 g/mol. The van der Waals surface area contributed by atoms with Crippen LogP contribution in [0.1, 0.15) is 22.5 Å². The van der Waals surface area contributed by atoms with E-state index in [0.717, 1.165) is 0 Å². The minimum atomic E-state index is -1.08. The number of hydrogen-bond acceptors (Lipinski definition) is 6. The molecule has 0 spiro atoms. The Bertz CT molecular complexity index is 1090. The van der Waals surface area contributed by atoms with Crippen molar-refractivity contribution in [1.82, 2.24) is 25.2 Å². The van der Waals surface area contributed by atoms with Crippen LogP contribution in [0.2, 0.25) is 5.15 Å². The molecule has 0 atom stereocenters. The third-order valence-corrected chi connectivity index (χ3v) is 4.31. The van der Waals surface area contributed by atoms with Crippen LogP contribution in [0.25, 0.3) is 5.57 Å². The van der Waals surface area contributed by atoms with Gasteiger partial charge in [0.1, 0.15) is 5.15 Å². The number of pyridine rings is 1. The molecule has 0 aliphatic heterocycles. The molecule has 3 aromatic rings. The van der Waals surface area contributed by atoms with E-state index >= 15 is 0 Å². The summed E-state index contributed by atoms with van der Waals surface area (Å²) >= 11 is 6.09. The minimum Gasteiger partial charge on any atom is -0.494 e. The average Bonchev–Trinajstić information content (AvgIpc) is 3.11. The summed E-state index contributed by atoms with van der Waals surface area (Å²) in [6.45, 7) is 3.83. The van der Waals surface area contributed by atoms with Crippen LogP contribution in [0.4, 0.5) is 8.78 Å². The highest BCUT2D eigenvalue weighted by Gasteiger charge is 2.18. The number of nitrogens with zero attached hydrogens (tertiary/aromatic N) is 6. The van der Waals surface area contributed by atoms with E-state index in [0.29, 0.717) is 22.5 Å². The Labute approximate surface area is 163 Å². The molecule has 0 fully saturated rings. The van der Waals surface area contributed by atoms with Crippen LogP contribution in [0.15, 0.2) is 31.0 Å². The Kier molecular flexibility index (Phi) is 5.61. The molecule has 3 rings (SSSR count). The number of tetrazole rings is 1. The van der Waals surface area contributed by atoms with E-state index in [1.165, 1.54) is 36.2 Å². The quantitative estimate of drug-likeness (QED) is 0.588. The second kappa shape index (κ2) is 8.10. The molecule has 28 heavy (non-hydrogen) atoms. The first-order chi connectivity index (χ1) is 13.5. The smallest absolute Gasteiger partial charge is 0.200 e. The molecular formula is C18H13ClF2N6O. The molecule has 10 heteroatoms. The van der Waals surface area contributed by atoms with Gasteiger partial charge in [0.2, 0.25) is 5.82 Å². The average molecular weight is 403 g/mol. The lowest BCUT2D eigenvalue weighted by Crippen LogP contribution is -2.10. The van der Waals surface area contributed by atoms with Crippen LogP contribution >= 0.6 is 11.6 Å². The number of methoxy groups -OCH3 is 1. The zero-order valence-electron chi connectivity index (χ0n) is 14.7. The van der Waals surface area contributed by atoms with Gasteiger partial charge in [0.05, 0.1) is 25.3 Å². The Morgan fingerprint density at radius 1 is 1.32 bits per heavy atom. The van der Waals surface area contributed by atoms with Gasteiger partial charge < -0.3 is 4.74 Å². The molecule has 142 valence electrons. The zero-order valence-corrected chi connectivity index (χ0v) is 15.4. The molecule has 7 nitrogen and oxygen atoms in total. The third-order valence-electron chi connectivity index (χ3n) is 4.02. The van der Waals surface area contributed by atoms with Crippen LogP contribution in [0, 0.1) is 23.0 Å².